The summed E-state index contributed by atoms with van der Waals surface area (Å²) in [6.45, 7) is 0. The summed E-state index contributed by atoms with van der Waals surface area (Å²) >= 11 is 11.8. The zero-order valence-corrected chi connectivity index (χ0v) is 13.0. The van der Waals surface area contributed by atoms with Crippen LogP contribution in [0.1, 0.15) is 0 Å². The second-order valence-electron chi connectivity index (χ2n) is 4.35. The Morgan fingerprint density at radius 1 is 1.24 bits per heavy atom. The molecule has 0 aliphatic rings. The highest BCUT2D eigenvalue weighted by molar-refractivity contribution is 6.32. The first kappa shape index (κ1) is 15.6. The number of ether oxygens (including phenoxy) is 1. The topological polar surface area (TPSA) is 58.5 Å². The Morgan fingerprint density at radius 3 is 2.43 bits per heavy atom. The van der Waals surface area contributed by atoms with E-state index in [-0.39, 0.29) is 38.9 Å². The van der Waals surface area contributed by atoms with E-state index < -0.39 is 5.82 Å². The number of hydrogen-bond donors (Lipinski definition) is 1. The molecule has 0 amide bonds. The highest BCUT2D eigenvalue weighted by Crippen LogP contribution is 2.37. The van der Waals surface area contributed by atoms with Crippen molar-refractivity contribution in [3.63, 3.8) is 0 Å². The molecule has 0 spiro atoms. The largest absolute Gasteiger partial charge is 0.492 e. The number of nitrogens with zero attached hydrogens (tertiary/aromatic N) is 3. The fourth-order valence-electron chi connectivity index (χ4n) is 1.81. The van der Waals surface area contributed by atoms with Gasteiger partial charge in [-0.05, 0) is 12.1 Å². The van der Waals surface area contributed by atoms with Crippen molar-refractivity contribution in [2.75, 3.05) is 26.1 Å². The number of aromatic hydroxyl groups is 1. The van der Waals surface area contributed by atoms with E-state index in [9.17, 15) is 9.50 Å². The van der Waals surface area contributed by atoms with Crippen LogP contribution in [0.5, 0.6) is 11.6 Å². The van der Waals surface area contributed by atoms with Crippen molar-refractivity contribution in [1.29, 1.82) is 0 Å². The molecule has 0 radical (unpaired) electrons. The van der Waals surface area contributed by atoms with Gasteiger partial charge in [-0.3, -0.25) is 0 Å². The van der Waals surface area contributed by atoms with Gasteiger partial charge in [0.1, 0.15) is 5.69 Å². The van der Waals surface area contributed by atoms with Crippen LogP contribution < -0.4 is 9.64 Å². The molecule has 2 aromatic rings. The monoisotopic (exact) mass is 331 g/mol. The van der Waals surface area contributed by atoms with Crippen molar-refractivity contribution >= 4 is 28.9 Å². The molecule has 0 saturated heterocycles. The smallest absolute Gasteiger partial charge is 0.240 e. The first-order valence-corrected chi connectivity index (χ1v) is 6.58. The lowest BCUT2D eigenvalue weighted by atomic mass is 10.2. The summed E-state index contributed by atoms with van der Waals surface area (Å²) in [5.41, 5.74) is 0.278. The molecule has 8 heteroatoms. The molecule has 1 aromatic heterocycles. The van der Waals surface area contributed by atoms with Gasteiger partial charge in [0.15, 0.2) is 22.5 Å². The van der Waals surface area contributed by atoms with Crippen LogP contribution >= 0.6 is 23.2 Å². The van der Waals surface area contributed by atoms with Gasteiger partial charge in [-0.1, -0.05) is 23.2 Å². The van der Waals surface area contributed by atoms with Crippen molar-refractivity contribution < 1.29 is 14.2 Å². The van der Waals surface area contributed by atoms with Crippen LogP contribution in [0.2, 0.25) is 10.2 Å². The van der Waals surface area contributed by atoms with Crippen molar-refractivity contribution in [3.05, 3.63) is 28.1 Å². The quantitative estimate of drug-likeness (QED) is 0.874. The maximum atomic E-state index is 14.3. The lowest BCUT2D eigenvalue weighted by Gasteiger charge is -2.16. The van der Waals surface area contributed by atoms with Gasteiger partial charge in [0.05, 0.1) is 17.7 Å². The summed E-state index contributed by atoms with van der Waals surface area (Å²) in [6, 6.07) is 2.84. The summed E-state index contributed by atoms with van der Waals surface area (Å²) in [7, 11) is 4.65. The Balaban J connectivity index is 2.64. The average molecular weight is 332 g/mol. The molecule has 5 nitrogen and oxygen atoms in total. The minimum Gasteiger partial charge on any atom is -0.492 e. The van der Waals surface area contributed by atoms with E-state index in [2.05, 4.69) is 9.97 Å². The third-order valence-electron chi connectivity index (χ3n) is 2.76. The average Bonchev–Trinajstić information content (AvgIpc) is 2.37. The van der Waals surface area contributed by atoms with E-state index in [0.29, 0.717) is 0 Å². The van der Waals surface area contributed by atoms with Gasteiger partial charge in [0.25, 0.3) is 0 Å². The fourth-order valence-corrected chi connectivity index (χ4v) is 2.37. The van der Waals surface area contributed by atoms with Gasteiger partial charge in [0.2, 0.25) is 5.88 Å². The summed E-state index contributed by atoms with van der Waals surface area (Å²) in [6.07, 6.45) is 0. The van der Waals surface area contributed by atoms with Gasteiger partial charge in [-0.15, -0.1) is 0 Å². The van der Waals surface area contributed by atoms with Crippen LogP contribution in [0, 0.1) is 5.82 Å². The number of benzene rings is 1. The SMILES string of the molecule is COc1c(Cl)ccc(-c2nc(O)c(N(C)C)c(Cl)n2)c1F. The van der Waals surface area contributed by atoms with E-state index >= 15 is 0 Å². The van der Waals surface area contributed by atoms with Gasteiger partial charge < -0.3 is 14.7 Å². The molecule has 1 heterocycles. The predicted octanol–water partition coefficient (Wildman–Crippen LogP) is 3.37. The number of anilines is 1. The first-order valence-electron chi connectivity index (χ1n) is 5.83. The van der Waals surface area contributed by atoms with E-state index in [1.807, 2.05) is 0 Å². The third-order valence-corrected chi connectivity index (χ3v) is 3.33. The predicted molar refractivity (Wildman–Crippen MR) is 80.0 cm³/mol. The van der Waals surface area contributed by atoms with Crippen LogP contribution in [0.3, 0.4) is 0 Å². The Hall–Kier alpha value is -1.79. The maximum Gasteiger partial charge on any atom is 0.240 e. The number of halogens is 3. The number of rotatable bonds is 3. The number of aromatic nitrogens is 2. The molecule has 0 aliphatic heterocycles. The Labute approximate surface area is 130 Å². The van der Waals surface area contributed by atoms with E-state index in [1.54, 1.807) is 19.0 Å². The third kappa shape index (κ3) is 2.82. The minimum atomic E-state index is -0.724. The van der Waals surface area contributed by atoms with Crippen molar-refractivity contribution in [3.8, 4) is 23.0 Å². The van der Waals surface area contributed by atoms with Crippen LogP contribution in [0.15, 0.2) is 12.1 Å². The molecule has 0 atom stereocenters. The summed E-state index contributed by atoms with van der Waals surface area (Å²) in [5.74, 6) is -1.25. The fraction of sp³-hybridized carbons (Fsp3) is 0.231. The number of methoxy groups -OCH3 is 1. The molecular formula is C13H12Cl2FN3O2. The lowest BCUT2D eigenvalue weighted by molar-refractivity contribution is 0.387. The number of hydrogen-bond acceptors (Lipinski definition) is 5. The minimum absolute atomic E-state index is 0.0100. The summed E-state index contributed by atoms with van der Waals surface area (Å²) < 4.78 is 19.2. The van der Waals surface area contributed by atoms with Crippen LogP contribution in [-0.4, -0.2) is 36.3 Å². The van der Waals surface area contributed by atoms with Gasteiger partial charge >= 0.3 is 0 Å². The molecule has 112 valence electrons. The van der Waals surface area contributed by atoms with E-state index in [1.165, 1.54) is 19.2 Å². The van der Waals surface area contributed by atoms with E-state index in [0.717, 1.165) is 0 Å². The highest BCUT2D eigenvalue weighted by Gasteiger charge is 2.20. The Bertz CT molecular complexity index is 672. The molecule has 1 aromatic carbocycles. The second-order valence-corrected chi connectivity index (χ2v) is 5.11. The first-order chi connectivity index (χ1) is 9.86. The summed E-state index contributed by atoms with van der Waals surface area (Å²) in [5, 5.41) is 10.1. The maximum absolute atomic E-state index is 14.3. The molecule has 2 rings (SSSR count). The molecule has 1 N–H and O–H groups in total. The Morgan fingerprint density at radius 2 is 1.90 bits per heavy atom. The molecule has 0 fully saturated rings. The molecular weight excluding hydrogens is 320 g/mol. The van der Waals surface area contributed by atoms with Gasteiger partial charge in [0, 0.05) is 14.1 Å². The van der Waals surface area contributed by atoms with Gasteiger partial charge in [-0.25, -0.2) is 9.37 Å². The highest BCUT2D eigenvalue weighted by atomic mass is 35.5. The van der Waals surface area contributed by atoms with Crippen molar-refractivity contribution in [1.82, 2.24) is 9.97 Å². The molecule has 0 saturated carbocycles. The van der Waals surface area contributed by atoms with Crippen molar-refractivity contribution in [2.45, 2.75) is 0 Å². The molecule has 0 unspecified atom stereocenters. The second kappa shape index (κ2) is 5.91. The Kier molecular flexibility index (Phi) is 4.39. The van der Waals surface area contributed by atoms with Crippen LogP contribution in [0.4, 0.5) is 10.1 Å². The molecule has 0 bridgehead atoms. The van der Waals surface area contributed by atoms with Crippen LogP contribution in [-0.2, 0) is 0 Å². The van der Waals surface area contributed by atoms with Crippen LogP contribution in [0.25, 0.3) is 11.4 Å². The lowest BCUT2D eigenvalue weighted by Crippen LogP contribution is -2.11. The summed E-state index contributed by atoms with van der Waals surface area (Å²) in [4.78, 5) is 9.43. The standard InChI is InChI=1S/C13H12Cl2FN3O2/c1-19(2)9-11(15)17-12(18-13(9)20)6-4-5-7(14)10(21-3)8(6)16/h4-5H,1-3H3,(H,17,18,20). The molecule has 0 aliphatic carbocycles. The molecule has 21 heavy (non-hydrogen) atoms. The van der Waals surface area contributed by atoms with Gasteiger partial charge in [-0.2, -0.15) is 4.98 Å². The normalized spacial score (nSPS) is 10.6. The zero-order chi connectivity index (χ0) is 15.7. The zero-order valence-electron chi connectivity index (χ0n) is 11.5. The van der Waals surface area contributed by atoms with Crippen molar-refractivity contribution in [2.24, 2.45) is 0 Å². The van der Waals surface area contributed by atoms with E-state index in [4.69, 9.17) is 27.9 Å².